The predicted octanol–water partition coefficient (Wildman–Crippen LogP) is 1.94. The molecule has 0 fully saturated rings. The highest BCUT2D eigenvalue weighted by Crippen LogP contribution is 2.14. The van der Waals surface area contributed by atoms with E-state index < -0.39 is 11.8 Å². The normalized spacial score (nSPS) is 10.4. The standard InChI is InChI=1S/C19H19ClN4O4/c1-2-21-18(26)19(27)24-22-11-13-4-3-5-16(10-13)28-12-17(25)23-15-8-6-14(20)7-9-15/h3-11H,2,12H2,1H3,(H,21,26)(H,23,25)(H,24,27)/b22-11-. The van der Waals surface area contributed by atoms with Gasteiger partial charge in [-0.15, -0.1) is 0 Å². The Balaban J connectivity index is 1.84. The Kier molecular flexibility index (Phi) is 7.98. The summed E-state index contributed by atoms with van der Waals surface area (Å²) in [6, 6.07) is 13.5. The molecule has 3 amide bonds. The summed E-state index contributed by atoms with van der Waals surface area (Å²) >= 11 is 5.80. The third-order valence-corrected chi connectivity index (χ3v) is 3.53. The molecular formula is C19H19ClN4O4. The molecule has 0 saturated carbocycles. The van der Waals surface area contributed by atoms with Gasteiger partial charge in [-0.25, -0.2) is 5.43 Å². The first kappa shape index (κ1) is 20.9. The Morgan fingerprint density at radius 2 is 1.86 bits per heavy atom. The molecule has 2 aromatic rings. The number of amides is 3. The van der Waals surface area contributed by atoms with E-state index in [4.69, 9.17) is 16.3 Å². The monoisotopic (exact) mass is 402 g/mol. The second-order valence-electron chi connectivity index (χ2n) is 5.47. The van der Waals surface area contributed by atoms with Crippen molar-refractivity contribution in [2.24, 2.45) is 5.10 Å². The molecule has 0 heterocycles. The largest absolute Gasteiger partial charge is 0.484 e. The Labute approximate surface area is 166 Å². The van der Waals surface area contributed by atoms with Crippen molar-refractivity contribution in [3.63, 3.8) is 0 Å². The van der Waals surface area contributed by atoms with Gasteiger partial charge in [-0.05, 0) is 48.9 Å². The molecule has 0 atom stereocenters. The molecule has 0 saturated heterocycles. The lowest BCUT2D eigenvalue weighted by Crippen LogP contribution is -2.37. The Hall–Kier alpha value is -3.39. The fraction of sp³-hybridized carbons (Fsp3) is 0.158. The Morgan fingerprint density at radius 1 is 1.11 bits per heavy atom. The van der Waals surface area contributed by atoms with Crippen molar-refractivity contribution in [3.05, 3.63) is 59.1 Å². The van der Waals surface area contributed by atoms with E-state index in [9.17, 15) is 14.4 Å². The van der Waals surface area contributed by atoms with E-state index in [0.717, 1.165) is 0 Å². The molecule has 0 aliphatic heterocycles. The number of carbonyl (C=O) groups excluding carboxylic acids is 3. The van der Waals surface area contributed by atoms with Crippen LogP contribution in [0.15, 0.2) is 53.6 Å². The van der Waals surface area contributed by atoms with Crippen LogP contribution in [-0.2, 0) is 14.4 Å². The minimum Gasteiger partial charge on any atom is -0.484 e. The number of carbonyl (C=O) groups is 3. The highest BCUT2D eigenvalue weighted by Gasteiger charge is 2.10. The first-order chi connectivity index (χ1) is 13.5. The minimum absolute atomic E-state index is 0.183. The SMILES string of the molecule is CCNC(=O)C(=O)N/N=C\c1cccc(OCC(=O)Nc2ccc(Cl)cc2)c1. The van der Waals surface area contributed by atoms with Crippen LogP contribution in [0.3, 0.4) is 0 Å². The van der Waals surface area contributed by atoms with Gasteiger partial charge < -0.3 is 15.4 Å². The molecule has 0 spiro atoms. The molecule has 0 unspecified atom stereocenters. The second-order valence-corrected chi connectivity index (χ2v) is 5.91. The van der Waals surface area contributed by atoms with Crippen LogP contribution in [0.1, 0.15) is 12.5 Å². The molecule has 0 aromatic heterocycles. The highest BCUT2D eigenvalue weighted by molar-refractivity contribution is 6.35. The van der Waals surface area contributed by atoms with E-state index in [-0.39, 0.29) is 12.5 Å². The Morgan fingerprint density at radius 3 is 2.57 bits per heavy atom. The molecular weight excluding hydrogens is 384 g/mol. The molecule has 8 nitrogen and oxygen atoms in total. The van der Waals surface area contributed by atoms with Crippen LogP contribution in [0.2, 0.25) is 5.02 Å². The van der Waals surface area contributed by atoms with Crippen molar-refractivity contribution in [2.75, 3.05) is 18.5 Å². The van der Waals surface area contributed by atoms with Crippen molar-refractivity contribution in [1.29, 1.82) is 0 Å². The number of nitrogens with zero attached hydrogens (tertiary/aromatic N) is 1. The molecule has 146 valence electrons. The van der Waals surface area contributed by atoms with Crippen LogP contribution in [0, 0.1) is 0 Å². The van der Waals surface area contributed by atoms with Gasteiger partial charge in [0.15, 0.2) is 6.61 Å². The van der Waals surface area contributed by atoms with Crippen LogP contribution in [-0.4, -0.2) is 37.1 Å². The molecule has 0 aliphatic carbocycles. The van der Waals surface area contributed by atoms with Gasteiger partial charge in [0.1, 0.15) is 5.75 Å². The van der Waals surface area contributed by atoms with Crippen molar-refractivity contribution in [3.8, 4) is 5.75 Å². The van der Waals surface area contributed by atoms with Gasteiger partial charge in [-0.1, -0.05) is 23.7 Å². The lowest BCUT2D eigenvalue weighted by Gasteiger charge is -2.08. The summed E-state index contributed by atoms with van der Waals surface area (Å²) in [7, 11) is 0. The number of benzene rings is 2. The topological polar surface area (TPSA) is 109 Å². The van der Waals surface area contributed by atoms with E-state index in [1.807, 2.05) is 0 Å². The fourth-order valence-electron chi connectivity index (χ4n) is 2.02. The first-order valence-electron chi connectivity index (χ1n) is 8.37. The lowest BCUT2D eigenvalue weighted by atomic mass is 10.2. The van der Waals surface area contributed by atoms with E-state index in [2.05, 4.69) is 21.2 Å². The van der Waals surface area contributed by atoms with Crippen LogP contribution in [0.4, 0.5) is 5.69 Å². The first-order valence-corrected chi connectivity index (χ1v) is 8.75. The summed E-state index contributed by atoms with van der Waals surface area (Å²) in [6.45, 7) is 1.87. The smallest absolute Gasteiger partial charge is 0.329 e. The predicted molar refractivity (Wildman–Crippen MR) is 106 cm³/mol. The number of nitrogens with one attached hydrogen (secondary N) is 3. The van der Waals surface area contributed by atoms with Gasteiger partial charge in [-0.3, -0.25) is 14.4 Å². The van der Waals surface area contributed by atoms with Crippen LogP contribution >= 0.6 is 11.6 Å². The number of hydrogen-bond donors (Lipinski definition) is 3. The number of hydrazone groups is 1. The number of likely N-dealkylation sites (N-methyl/N-ethyl adjacent to an activating group) is 1. The van der Waals surface area contributed by atoms with Gasteiger partial charge in [0, 0.05) is 17.3 Å². The quantitative estimate of drug-likeness (QED) is 0.373. The summed E-state index contributed by atoms with van der Waals surface area (Å²) < 4.78 is 5.45. The van der Waals surface area contributed by atoms with Gasteiger partial charge in [-0.2, -0.15) is 5.10 Å². The van der Waals surface area contributed by atoms with E-state index in [1.54, 1.807) is 55.5 Å². The molecule has 3 N–H and O–H groups in total. The number of hydrogen-bond acceptors (Lipinski definition) is 5. The summed E-state index contributed by atoms with van der Waals surface area (Å²) in [5.41, 5.74) is 3.35. The van der Waals surface area contributed by atoms with E-state index >= 15 is 0 Å². The van der Waals surface area contributed by atoms with Crippen LogP contribution in [0.25, 0.3) is 0 Å². The second kappa shape index (κ2) is 10.7. The van der Waals surface area contributed by atoms with Gasteiger partial charge in [0.25, 0.3) is 5.91 Å². The zero-order valence-electron chi connectivity index (χ0n) is 15.1. The molecule has 2 aromatic carbocycles. The number of anilines is 1. The van der Waals surface area contributed by atoms with Crippen LogP contribution in [0.5, 0.6) is 5.75 Å². The summed E-state index contributed by atoms with van der Waals surface area (Å²) in [5, 5.41) is 9.34. The molecule has 0 radical (unpaired) electrons. The van der Waals surface area contributed by atoms with E-state index in [1.165, 1.54) is 6.21 Å². The lowest BCUT2D eigenvalue weighted by molar-refractivity contribution is -0.139. The Bertz CT molecular complexity index is 868. The third kappa shape index (κ3) is 7.08. The highest BCUT2D eigenvalue weighted by atomic mass is 35.5. The molecule has 28 heavy (non-hydrogen) atoms. The molecule has 2 rings (SSSR count). The van der Waals surface area contributed by atoms with Crippen molar-refractivity contribution in [1.82, 2.24) is 10.7 Å². The maximum Gasteiger partial charge on any atom is 0.329 e. The van der Waals surface area contributed by atoms with Crippen molar-refractivity contribution < 1.29 is 19.1 Å². The molecule has 9 heteroatoms. The van der Waals surface area contributed by atoms with Gasteiger partial charge >= 0.3 is 11.8 Å². The number of halogens is 1. The zero-order valence-corrected chi connectivity index (χ0v) is 15.8. The van der Waals surface area contributed by atoms with E-state index in [0.29, 0.717) is 28.6 Å². The van der Waals surface area contributed by atoms with Crippen LogP contribution < -0.4 is 20.8 Å². The summed E-state index contributed by atoms with van der Waals surface area (Å²) in [6.07, 6.45) is 1.36. The maximum absolute atomic E-state index is 11.9. The molecule has 0 bridgehead atoms. The molecule has 0 aliphatic rings. The average Bonchev–Trinajstić information content (AvgIpc) is 2.68. The summed E-state index contributed by atoms with van der Waals surface area (Å²) in [5.74, 6) is -1.49. The average molecular weight is 403 g/mol. The van der Waals surface area contributed by atoms with Gasteiger partial charge in [0.05, 0.1) is 6.21 Å². The number of rotatable bonds is 7. The maximum atomic E-state index is 11.9. The number of ether oxygens (including phenoxy) is 1. The van der Waals surface area contributed by atoms with Crippen molar-refractivity contribution in [2.45, 2.75) is 6.92 Å². The zero-order chi connectivity index (χ0) is 20.4. The third-order valence-electron chi connectivity index (χ3n) is 3.28. The fourth-order valence-corrected chi connectivity index (χ4v) is 2.15. The van der Waals surface area contributed by atoms with Gasteiger partial charge in [0.2, 0.25) is 0 Å². The summed E-state index contributed by atoms with van der Waals surface area (Å²) in [4.78, 5) is 34.6. The van der Waals surface area contributed by atoms with Crippen molar-refractivity contribution >= 4 is 41.2 Å². The minimum atomic E-state index is -0.857.